The molecular weight excluding hydrogens is 367 g/mol. The number of rotatable bonds is 5. The van der Waals surface area contributed by atoms with Gasteiger partial charge < -0.3 is 15.0 Å². The zero-order chi connectivity index (χ0) is 20.1. The van der Waals surface area contributed by atoms with E-state index in [1.54, 1.807) is 12.1 Å². The van der Waals surface area contributed by atoms with Gasteiger partial charge in [0.2, 0.25) is 0 Å². The van der Waals surface area contributed by atoms with Gasteiger partial charge in [-0.2, -0.15) is 0 Å². The van der Waals surface area contributed by atoms with Crippen molar-refractivity contribution >= 4 is 5.96 Å². The number of nitrogens with one attached hydrogen (secondary N) is 1. The van der Waals surface area contributed by atoms with Gasteiger partial charge in [-0.1, -0.05) is 18.2 Å². The first-order valence-corrected chi connectivity index (χ1v) is 11.2. The highest BCUT2D eigenvalue weighted by molar-refractivity contribution is 5.80. The normalized spacial score (nSPS) is 26.6. The molecule has 0 amide bonds. The van der Waals surface area contributed by atoms with E-state index in [4.69, 9.17) is 9.73 Å². The van der Waals surface area contributed by atoms with Crippen molar-refractivity contribution in [2.75, 3.05) is 52.5 Å². The Kier molecular flexibility index (Phi) is 6.70. The number of halogens is 1. The molecule has 0 saturated carbocycles. The fourth-order valence-electron chi connectivity index (χ4n) is 4.92. The minimum atomic E-state index is -0.0921. The topological polar surface area (TPSA) is 40.1 Å². The molecule has 1 aromatic rings. The van der Waals surface area contributed by atoms with Gasteiger partial charge in [0.25, 0.3) is 0 Å². The second-order valence-electron chi connectivity index (χ2n) is 8.98. The summed E-state index contributed by atoms with van der Waals surface area (Å²) in [5, 5.41) is 3.50. The van der Waals surface area contributed by atoms with Gasteiger partial charge in [-0.3, -0.25) is 9.89 Å². The van der Waals surface area contributed by atoms with Crippen LogP contribution in [0, 0.1) is 17.2 Å². The molecule has 5 nitrogen and oxygen atoms in total. The molecule has 3 aliphatic heterocycles. The lowest BCUT2D eigenvalue weighted by atomic mass is 9.87. The molecule has 0 aliphatic carbocycles. The van der Waals surface area contributed by atoms with Crippen molar-refractivity contribution < 1.29 is 9.13 Å². The molecule has 1 N–H and O–H groups in total. The summed E-state index contributed by atoms with van der Waals surface area (Å²) in [6.45, 7) is 10.7. The van der Waals surface area contributed by atoms with Crippen LogP contribution in [0.5, 0.6) is 0 Å². The van der Waals surface area contributed by atoms with Gasteiger partial charge in [-0.25, -0.2) is 4.39 Å². The van der Waals surface area contributed by atoms with Gasteiger partial charge in [-0.15, -0.1) is 0 Å². The number of ether oxygens (including phenoxy) is 1. The molecule has 4 rings (SSSR count). The van der Waals surface area contributed by atoms with E-state index in [9.17, 15) is 4.39 Å². The first kappa shape index (κ1) is 20.6. The quantitative estimate of drug-likeness (QED) is 0.607. The minimum Gasteiger partial charge on any atom is -0.381 e. The SMILES string of the molecule is CCNC(=NCC1CCN(Cc2ccccc2F)CC1)N1CCC2(CCOC2)C1. The van der Waals surface area contributed by atoms with Crippen LogP contribution in [-0.4, -0.2) is 68.2 Å². The molecule has 0 aromatic heterocycles. The van der Waals surface area contributed by atoms with Crippen molar-refractivity contribution in [2.24, 2.45) is 16.3 Å². The minimum absolute atomic E-state index is 0.0921. The molecule has 1 unspecified atom stereocenters. The number of hydrogen-bond acceptors (Lipinski definition) is 3. The monoisotopic (exact) mass is 402 g/mol. The first-order valence-electron chi connectivity index (χ1n) is 11.2. The lowest BCUT2D eigenvalue weighted by molar-refractivity contribution is 0.156. The van der Waals surface area contributed by atoms with Crippen LogP contribution >= 0.6 is 0 Å². The van der Waals surface area contributed by atoms with Crippen molar-refractivity contribution in [1.29, 1.82) is 0 Å². The van der Waals surface area contributed by atoms with E-state index in [1.165, 1.54) is 12.8 Å². The third kappa shape index (κ3) is 5.10. The zero-order valence-corrected chi connectivity index (χ0v) is 17.7. The van der Waals surface area contributed by atoms with Crippen LogP contribution in [0.25, 0.3) is 0 Å². The van der Waals surface area contributed by atoms with Crippen LogP contribution in [0.2, 0.25) is 0 Å². The van der Waals surface area contributed by atoms with Crippen LogP contribution in [0.3, 0.4) is 0 Å². The van der Waals surface area contributed by atoms with Crippen molar-refractivity contribution in [3.8, 4) is 0 Å². The summed E-state index contributed by atoms with van der Waals surface area (Å²) >= 11 is 0. The van der Waals surface area contributed by atoms with Gasteiger partial charge in [0.1, 0.15) is 5.82 Å². The number of likely N-dealkylation sites (tertiary alicyclic amines) is 2. The van der Waals surface area contributed by atoms with Gasteiger partial charge in [0, 0.05) is 50.3 Å². The van der Waals surface area contributed by atoms with Crippen LogP contribution in [0.4, 0.5) is 4.39 Å². The van der Waals surface area contributed by atoms with Crippen LogP contribution < -0.4 is 5.32 Å². The number of hydrogen-bond donors (Lipinski definition) is 1. The van der Waals surface area contributed by atoms with Crippen LogP contribution in [-0.2, 0) is 11.3 Å². The van der Waals surface area contributed by atoms with Crippen molar-refractivity contribution in [2.45, 2.75) is 39.2 Å². The molecule has 1 atom stereocenters. The summed E-state index contributed by atoms with van der Waals surface area (Å²) in [7, 11) is 0. The van der Waals surface area contributed by atoms with Crippen LogP contribution in [0.1, 0.15) is 38.2 Å². The Morgan fingerprint density at radius 3 is 2.79 bits per heavy atom. The number of aliphatic imine (C=N–C) groups is 1. The molecule has 3 aliphatic rings. The summed E-state index contributed by atoms with van der Waals surface area (Å²) in [5.74, 6) is 1.60. The predicted octanol–water partition coefficient (Wildman–Crippen LogP) is 3.12. The molecule has 6 heteroatoms. The van der Waals surface area contributed by atoms with E-state index in [2.05, 4.69) is 22.0 Å². The Bertz CT molecular complexity index is 696. The first-order chi connectivity index (χ1) is 14.2. The van der Waals surface area contributed by atoms with Crippen molar-refractivity contribution in [1.82, 2.24) is 15.1 Å². The molecule has 1 aromatic carbocycles. The lowest BCUT2D eigenvalue weighted by Crippen LogP contribution is -2.42. The van der Waals surface area contributed by atoms with E-state index in [1.807, 2.05) is 12.1 Å². The molecule has 3 heterocycles. The highest BCUT2D eigenvalue weighted by Gasteiger charge is 2.42. The average molecular weight is 403 g/mol. The summed E-state index contributed by atoms with van der Waals surface area (Å²) in [4.78, 5) is 9.81. The third-order valence-corrected chi connectivity index (χ3v) is 6.82. The highest BCUT2D eigenvalue weighted by Crippen LogP contribution is 2.38. The maximum Gasteiger partial charge on any atom is 0.193 e. The van der Waals surface area contributed by atoms with Crippen molar-refractivity contribution in [3.05, 3.63) is 35.6 Å². The Hall–Kier alpha value is -1.66. The number of piperidine rings is 1. The van der Waals surface area contributed by atoms with Crippen LogP contribution in [0.15, 0.2) is 29.3 Å². The van der Waals surface area contributed by atoms with Crippen molar-refractivity contribution in [3.63, 3.8) is 0 Å². The average Bonchev–Trinajstić information content (AvgIpc) is 3.38. The Labute approximate surface area is 174 Å². The maximum absolute atomic E-state index is 13.9. The summed E-state index contributed by atoms with van der Waals surface area (Å²) in [6.07, 6.45) is 4.67. The number of guanidine groups is 1. The second-order valence-corrected chi connectivity index (χ2v) is 8.98. The number of nitrogens with zero attached hydrogens (tertiary/aromatic N) is 3. The standard InChI is InChI=1S/C23H35FN4O/c1-2-25-22(28-13-9-23(17-28)10-14-29-18-23)26-15-19-7-11-27(12-8-19)16-20-5-3-4-6-21(20)24/h3-6,19H,2,7-18H2,1H3,(H,25,26). The lowest BCUT2D eigenvalue weighted by Gasteiger charge is -2.32. The molecule has 0 bridgehead atoms. The van der Waals surface area contributed by atoms with E-state index in [-0.39, 0.29) is 5.82 Å². The fourth-order valence-corrected chi connectivity index (χ4v) is 4.92. The predicted molar refractivity (Wildman–Crippen MR) is 114 cm³/mol. The fraction of sp³-hybridized carbons (Fsp3) is 0.696. The van der Waals surface area contributed by atoms with E-state index in [0.29, 0.717) is 17.9 Å². The Morgan fingerprint density at radius 2 is 2.07 bits per heavy atom. The van der Waals surface area contributed by atoms with E-state index < -0.39 is 0 Å². The molecule has 3 fully saturated rings. The molecule has 0 radical (unpaired) electrons. The summed E-state index contributed by atoms with van der Waals surface area (Å²) in [6, 6.07) is 7.13. The molecular formula is C23H35FN4O. The Balaban J connectivity index is 1.27. The van der Waals surface area contributed by atoms with Gasteiger partial charge in [-0.05, 0) is 57.7 Å². The number of benzene rings is 1. The van der Waals surface area contributed by atoms with Gasteiger partial charge in [0.15, 0.2) is 5.96 Å². The second kappa shape index (κ2) is 9.43. The zero-order valence-electron chi connectivity index (χ0n) is 17.7. The molecule has 29 heavy (non-hydrogen) atoms. The highest BCUT2D eigenvalue weighted by atomic mass is 19.1. The summed E-state index contributed by atoms with van der Waals surface area (Å²) in [5.41, 5.74) is 1.16. The van der Waals surface area contributed by atoms with Gasteiger partial charge in [0.05, 0.1) is 6.61 Å². The maximum atomic E-state index is 13.9. The van der Waals surface area contributed by atoms with E-state index in [0.717, 1.165) is 76.8 Å². The Morgan fingerprint density at radius 1 is 1.24 bits per heavy atom. The van der Waals surface area contributed by atoms with E-state index >= 15 is 0 Å². The molecule has 160 valence electrons. The molecule has 3 saturated heterocycles. The van der Waals surface area contributed by atoms with Gasteiger partial charge >= 0.3 is 0 Å². The third-order valence-electron chi connectivity index (χ3n) is 6.82. The largest absolute Gasteiger partial charge is 0.381 e. The summed E-state index contributed by atoms with van der Waals surface area (Å²) < 4.78 is 19.6. The molecule has 1 spiro atoms. The smallest absolute Gasteiger partial charge is 0.193 e.